The van der Waals surface area contributed by atoms with Crippen molar-refractivity contribution in [2.45, 2.75) is 26.7 Å². The van der Waals surface area contributed by atoms with E-state index in [0.717, 1.165) is 38.5 Å². The van der Waals surface area contributed by atoms with Crippen LogP contribution in [0.2, 0.25) is 0 Å². The second kappa shape index (κ2) is 7.03. The lowest BCUT2D eigenvalue weighted by Gasteiger charge is -2.19. The van der Waals surface area contributed by atoms with E-state index in [4.69, 9.17) is 10.5 Å². The zero-order valence-electron chi connectivity index (χ0n) is 7.10. The van der Waals surface area contributed by atoms with Crippen LogP contribution in [0.3, 0.4) is 0 Å². The van der Waals surface area contributed by atoms with Gasteiger partial charge in [-0.2, -0.15) is 0 Å². The second-order valence-electron chi connectivity index (χ2n) is 2.29. The summed E-state index contributed by atoms with van der Waals surface area (Å²) in [7, 11) is 0. The van der Waals surface area contributed by atoms with Crippen molar-refractivity contribution in [3.8, 4) is 0 Å². The third kappa shape index (κ3) is 3.85. The van der Waals surface area contributed by atoms with Gasteiger partial charge in [-0.15, -0.1) is 0 Å². The van der Waals surface area contributed by atoms with Crippen molar-refractivity contribution >= 4 is 0 Å². The van der Waals surface area contributed by atoms with Gasteiger partial charge in [-0.3, -0.25) is 0 Å². The van der Waals surface area contributed by atoms with E-state index in [1.165, 1.54) is 0 Å². The molecule has 2 N–H and O–H groups in total. The molecule has 0 radical (unpaired) electrons. The second-order valence-corrected chi connectivity index (χ2v) is 2.29. The van der Waals surface area contributed by atoms with E-state index in [2.05, 4.69) is 0 Å². The number of hydrogen-bond acceptors (Lipinski definition) is 2. The molecule has 0 saturated carbocycles. The van der Waals surface area contributed by atoms with Gasteiger partial charge in [0.15, 0.2) is 0 Å². The monoisotopic (exact) mass is 145 g/mol. The Bertz CT molecular complexity index is 60.3. The van der Waals surface area contributed by atoms with Crippen LogP contribution in [0, 0.1) is 5.92 Å². The van der Waals surface area contributed by atoms with Crippen LogP contribution < -0.4 is 5.73 Å². The smallest absolute Gasteiger partial charge is 0.0469 e. The zero-order chi connectivity index (χ0) is 7.82. The predicted molar refractivity (Wildman–Crippen MR) is 43.9 cm³/mol. The molecule has 0 unspecified atom stereocenters. The van der Waals surface area contributed by atoms with Crippen LogP contribution >= 0.6 is 0 Å². The molecule has 1 rings (SSSR count). The topological polar surface area (TPSA) is 35.2 Å². The van der Waals surface area contributed by atoms with E-state index in [1.807, 2.05) is 13.8 Å². The molecule has 1 aliphatic rings. The van der Waals surface area contributed by atoms with Gasteiger partial charge in [-0.1, -0.05) is 13.8 Å². The Balaban J connectivity index is 0.000000371. The van der Waals surface area contributed by atoms with Crippen molar-refractivity contribution in [2.75, 3.05) is 19.8 Å². The summed E-state index contributed by atoms with van der Waals surface area (Å²) in [6, 6.07) is 0. The van der Waals surface area contributed by atoms with Crippen LogP contribution in [0.4, 0.5) is 0 Å². The summed E-state index contributed by atoms with van der Waals surface area (Å²) < 4.78 is 5.15. The van der Waals surface area contributed by atoms with Gasteiger partial charge in [0.1, 0.15) is 0 Å². The molecule has 1 heterocycles. The molecule has 0 bridgehead atoms. The molecular weight excluding hydrogens is 126 g/mol. The molecule has 0 aromatic carbocycles. The summed E-state index contributed by atoms with van der Waals surface area (Å²) in [5, 5.41) is 0. The van der Waals surface area contributed by atoms with Gasteiger partial charge in [0.25, 0.3) is 0 Å². The maximum atomic E-state index is 5.45. The largest absolute Gasteiger partial charge is 0.381 e. The Kier molecular flexibility index (Phi) is 6.98. The third-order valence-electron chi connectivity index (χ3n) is 1.67. The van der Waals surface area contributed by atoms with Crippen molar-refractivity contribution in [3.63, 3.8) is 0 Å². The van der Waals surface area contributed by atoms with E-state index in [1.54, 1.807) is 0 Å². The standard InChI is InChI=1S/C6H13NO.C2H6/c7-5-6-1-3-8-4-2-6;1-2/h6H,1-5,7H2;1-2H3. The van der Waals surface area contributed by atoms with Crippen molar-refractivity contribution in [3.05, 3.63) is 0 Å². The van der Waals surface area contributed by atoms with E-state index >= 15 is 0 Å². The van der Waals surface area contributed by atoms with Gasteiger partial charge in [0.05, 0.1) is 0 Å². The first kappa shape index (κ1) is 9.92. The summed E-state index contributed by atoms with van der Waals surface area (Å²) >= 11 is 0. The lowest BCUT2D eigenvalue weighted by Crippen LogP contribution is -2.22. The van der Waals surface area contributed by atoms with Crippen LogP contribution in [0.1, 0.15) is 26.7 Å². The highest BCUT2D eigenvalue weighted by atomic mass is 16.5. The SMILES string of the molecule is CC.NCC1CCOCC1. The summed E-state index contributed by atoms with van der Waals surface area (Å²) in [5.74, 6) is 0.740. The fourth-order valence-electron chi connectivity index (χ4n) is 0.982. The molecule has 0 spiro atoms. The maximum absolute atomic E-state index is 5.45. The summed E-state index contributed by atoms with van der Waals surface area (Å²) in [6.45, 7) is 6.67. The highest BCUT2D eigenvalue weighted by Crippen LogP contribution is 2.11. The van der Waals surface area contributed by atoms with Gasteiger partial charge < -0.3 is 10.5 Å². The van der Waals surface area contributed by atoms with Crippen LogP contribution in [-0.2, 0) is 4.74 Å². The third-order valence-corrected chi connectivity index (χ3v) is 1.67. The van der Waals surface area contributed by atoms with Crippen molar-refractivity contribution in [1.29, 1.82) is 0 Å². The molecular formula is C8H19NO. The minimum atomic E-state index is 0.740. The maximum Gasteiger partial charge on any atom is 0.0469 e. The molecule has 62 valence electrons. The highest BCUT2D eigenvalue weighted by molar-refractivity contribution is 4.62. The predicted octanol–water partition coefficient (Wildman–Crippen LogP) is 1.40. The Labute approximate surface area is 63.7 Å². The lowest BCUT2D eigenvalue weighted by atomic mass is 10.0. The average molecular weight is 145 g/mol. The Morgan fingerprint density at radius 3 is 2.10 bits per heavy atom. The van der Waals surface area contributed by atoms with Crippen molar-refractivity contribution in [2.24, 2.45) is 11.7 Å². The normalized spacial score (nSPS) is 19.5. The molecule has 0 aromatic rings. The molecule has 0 amide bonds. The van der Waals surface area contributed by atoms with Gasteiger partial charge >= 0.3 is 0 Å². The molecule has 1 fully saturated rings. The van der Waals surface area contributed by atoms with Crippen molar-refractivity contribution in [1.82, 2.24) is 0 Å². The van der Waals surface area contributed by atoms with E-state index in [9.17, 15) is 0 Å². The summed E-state index contributed by atoms with van der Waals surface area (Å²) in [5.41, 5.74) is 5.45. The first-order valence-corrected chi connectivity index (χ1v) is 4.21. The molecule has 10 heavy (non-hydrogen) atoms. The van der Waals surface area contributed by atoms with Crippen molar-refractivity contribution < 1.29 is 4.74 Å². The van der Waals surface area contributed by atoms with Gasteiger partial charge in [-0.05, 0) is 25.3 Å². The fraction of sp³-hybridized carbons (Fsp3) is 1.00. The number of hydrogen-bond donors (Lipinski definition) is 1. The van der Waals surface area contributed by atoms with Crippen LogP contribution in [0.25, 0.3) is 0 Å². The van der Waals surface area contributed by atoms with Gasteiger partial charge in [-0.25, -0.2) is 0 Å². The molecule has 0 aliphatic carbocycles. The zero-order valence-corrected chi connectivity index (χ0v) is 7.10. The Morgan fingerprint density at radius 2 is 1.80 bits per heavy atom. The first-order valence-electron chi connectivity index (χ1n) is 4.21. The number of nitrogens with two attached hydrogens (primary N) is 1. The van der Waals surface area contributed by atoms with E-state index in [-0.39, 0.29) is 0 Å². The van der Waals surface area contributed by atoms with Gasteiger partial charge in [0.2, 0.25) is 0 Å². The van der Waals surface area contributed by atoms with E-state index in [0.29, 0.717) is 0 Å². The molecule has 1 saturated heterocycles. The van der Waals surface area contributed by atoms with Gasteiger partial charge in [0, 0.05) is 13.2 Å². The molecule has 2 nitrogen and oxygen atoms in total. The van der Waals surface area contributed by atoms with Crippen LogP contribution in [0.5, 0.6) is 0 Å². The Hall–Kier alpha value is -0.0800. The first-order chi connectivity index (χ1) is 4.93. The fourth-order valence-corrected chi connectivity index (χ4v) is 0.982. The number of rotatable bonds is 1. The quantitative estimate of drug-likeness (QED) is 0.605. The summed E-state index contributed by atoms with van der Waals surface area (Å²) in [6.07, 6.45) is 2.33. The molecule has 0 aromatic heterocycles. The van der Waals surface area contributed by atoms with Crippen LogP contribution in [-0.4, -0.2) is 19.8 Å². The van der Waals surface area contributed by atoms with E-state index < -0.39 is 0 Å². The minimum absolute atomic E-state index is 0.740. The molecule has 1 aliphatic heterocycles. The lowest BCUT2D eigenvalue weighted by molar-refractivity contribution is 0.0688. The van der Waals surface area contributed by atoms with Crippen LogP contribution in [0.15, 0.2) is 0 Å². The highest BCUT2D eigenvalue weighted by Gasteiger charge is 2.10. The Morgan fingerprint density at radius 1 is 1.30 bits per heavy atom. The minimum Gasteiger partial charge on any atom is -0.381 e. The summed E-state index contributed by atoms with van der Waals surface area (Å²) in [4.78, 5) is 0. The number of ether oxygens (including phenoxy) is 1. The molecule has 0 atom stereocenters. The molecule has 2 heteroatoms. The average Bonchev–Trinajstić information content (AvgIpc) is 2.10.